The quantitative estimate of drug-likeness (QED) is 0.812. The second-order valence-corrected chi connectivity index (χ2v) is 4.91. The molecule has 1 unspecified atom stereocenters. The van der Waals surface area contributed by atoms with Gasteiger partial charge in [-0.05, 0) is 24.0 Å². The molecule has 1 aliphatic rings. The molecule has 0 radical (unpaired) electrons. The molecular formula is C14H19NO2. The number of benzene rings is 1. The first kappa shape index (κ1) is 12.0. The normalized spacial score (nSPS) is 17.7. The largest absolute Gasteiger partial charge is 0.464 e. The maximum Gasteiger partial charge on any atom is 0.328 e. The van der Waals surface area contributed by atoms with Gasteiger partial charge in [-0.25, -0.2) is 4.79 Å². The van der Waals surface area contributed by atoms with Gasteiger partial charge < -0.3 is 10.1 Å². The third-order valence-corrected chi connectivity index (χ3v) is 3.00. The van der Waals surface area contributed by atoms with E-state index in [1.807, 2.05) is 24.3 Å². The monoisotopic (exact) mass is 233 g/mol. The third-order valence-electron chi connectivity index (χ3n) is 3.00. The summed E-state index contributed by atoms with van der Waals surface area (Å²) in [5.74, 6) is 0.429. The standard InChI is InChI=1S/C14H19NO2/c1-10(2)7-8-17-14(16)13-9-11-5-3-4-6-12(11)15-13/h3-6,10,13,15H,7-9H2,1-2H3. The van der Waals surface area contributed by atoms with Crippen LogP contribution in [0.15, 0.2) is 24.3 Å². The van der Waals surface area contributed by atoms with Gasteiger partial charge in [0.1, 0.15) is 6.04 Å². The lowest BCUT2D eigenvalue weighted by atomic mass is 10.1. The molecule has 1 heterocycles. The second-order valence-electron chi connectivity index (χ2n) is 4.91. The minimum absolute atomic E-state index is 0.137. The minimum atomic E-state index is -0.209. The summed E-state index contributed by atoms with van der Waals surface area (Å²) in [5, 5.41) is 3.20. The Labute approximate surface area is 102 Å². The number of ether oxygens (including phenoxy) is 1. The van der Waals surface area contributed by atoms with E-state index in [-0.39, 0.29) is 12.0 Å². The topological polar surface area (TPSA) is 38.3 Å². The highest BCUT2D eigenvalue weighted by atomic mass is 16.5. The van der Waals surface area contributed by atoms with Gasteiger partial charge in [0, 0.05) is 12.1 Å². The number of carbonyl (C=O) groups is 1. The summed E-state index contributed by atoms with van der Waals surface area (Å²) in [6.45, 7) is 4.76. The number of hydrogen-bond acceptors (Lipinski definition) is 3. The van der Waals surface area contributed by atoms with Gasteiger partial charge in [0.05, 0.1) is 6.61 Å². The van der Waals surface area contributed by atoms with Gasteiger partial charge in [-0.1, -0.05) is 32.0 Å². The van der Waals surface area contributed by atoms with Crippen LogP contribution in [0.4, 0.5) is 5.69 Å². The number of para-hydroxylation sites is 1. The Kier molecular flexibility index (Phi) is 3.67. The van der Waals surface area contributed by atoms with Crippen molar-refractivity contribution in [2.75, 3.05) is 11.9 Å². The van der Waals surface area contributed by atoms with Crippen molar-refractivity contribution in [1.29, 1.82) is 0 Å². The molecule has 0 bridgehead atoms. The van der Waals surface area contributed by atoms with Gasteiger partial charge in [0.25, 0.3) is 0 Å². The van der Waals surface area contributed by atoms with Crippen molar-refractivity contribution < 1.29 is 9.53 Å². The Morgan fingerprint density at radius 2 is 2.24 bits per heavy atom. The highest BCUT2D eigenvalue weighted by Crippen LogP contribution is 2.25. The predicted molar refractivity (Wildman–Crippen MR) is 68.0 cm³/mol. The fraction of sp³-hybridized carbons (Fsp3) is 0.500. The highest BCUT2D eigenvalue weighted by Gasteiger charge is 2.27. The van der Waals surface area contributed by atoms with Gasteiger partial charge >= 0.3 is 5.97 Å². The summed E-state index contributed by atoms with van der Waals surface area (Å²) < 4.78 is 5.27. The van der Waals surface area contributed by atoms with Crippen molar-refractivity contribution in [3.05, 3.63) is 29.8 Å². The average molecular weight is 233 g/mol. The van der Waals surface area contributed by atoms with E-state index in [0.717, 1.165) is 18.5 Å². The number of carbonyl (C=O) groups excluding carboxylic acids is 1. The van der Waals surface area contributed by atoms with Gasteiger partial charge in [0.2, 0.25) is 0 Å². The first-order valence-electron chi connectivity index (χ1n) is 6.18. The lowest BCUT2D eigenvalue weighted by molar-refractivity contribution is -0.144. The van der Waals surface area contributed by atoms with Gasteiger partial charge in [-0.15, -0.1) is 0 Å². The number of esters is 1. The van der Waals surface area contributed by atoms with E-state index in [9.17, 15) is 4.79 Å². The Bertz CT molecular complexity index is 376. The number of fused-ring (bicyclic) bond motifs is 1. The van der Waals surface area contributed by atoms with Crippen LogP contribution in [0, 0.1) is 5.92 Å². The molecule has 1 atom stereocenters. The summed E-state index contributed by atoms with van der Waals surface area (Å²) in [7, 11) is 0. The van der Waals surface area contributed by atoms with Crippen LogP contribution < -0.4 is 5.32 Å². The molecule has 0 fully saturated rings. The van der Waals surface area contributed by atoms with Crippen LogP contribution in [0.3, 0.4) is 0 Å². The van der Waals surface area contributed by atoms with Crippen LogP contribution >= 0.6 is 0 Å². The molecule has 1 aliphatic heterocycles. The zero-order valence-corrected chi connectivity index (χ0v) is 10.4. The van der Waals surface area contributed by atoms with Gasteiger partial charge in [0.15, 0.2) is 0 Å². The predicted octanol–water partition coefficient (Wildman–Crippen LogP) is 2.61. The number of nitrogens with one attached hydrogen (secondary N) is 1. The zero-order valence-electron chi connectivity index (χ0n) is 10.4. The maximum atomic E-state index is 11.8. The molecular weight excluding hydrogens is 214 g/mol. The van der Waals surface area contributed by atoms with E-state index in [1.54, 1.807) is 0 Å². The Hall–Kier alpha value is -1.51. The summed E-state index contributed by atoms with van der Waals surface area (Å²) in [6, 6.07) is 7.80. The molecule has 17 heavy (non-hydrogen) atoms. The molecule has 0 saturated heterocycles. The first-order valence-corrected chi connectivity index (χ1v) is 6.18. The summed E-state index contributed by atoms with van der Waals surface area (Å²) >= 11 is 0. The fourth-order valence-electron chi connectivity index (χ4n) is 1.94. The molecule has 92 valence electrons. The van der Waals surface area contributed by atoms with E-state index in [4.69, 9.17) is 4.74 Å². The Morgan fingerprint density at radius 3 is 2.94 bits per heavy atom. The van der Waals surface area contributed by atoms with Crippen LogP contribution in [0.1, 0.15) is 25.8 Å². The molecule has 1 aromatic rings. The van der Waals surface area contributed by atoms with Crippen molar-refractivity contribution in [2.45, 2.75) is 32.7 Å². The van der Waals surface area contributed by atoms with E-state index >= 15 is 0 Å². The highest BCUT2D eigenvalue weighted by molar-refractivity contribution is 5.82. The summed E-state index contributed by atoms with van der Waals surface area (Å²) in [6.07, 6.45) is 1.65. The van der Waals surface area contributed by atoms with Crippen molar-refractivity contribution in [3.63, 3.8) is 0 Å². The molecule has 0 amide bonds. The number of rotatable bonds is 4. The molecule has 1 N–H and O–H groups in total. The van der Waals surface area contributed by atoms with Crippen molar-refractivity contribution in [1.82, 2.24) is 0 Å². The summed E-state index contributed by atoms with van der Waals surface area (Å²) in [4.78, 5) is 11.8. The van der Waals surface area contributed by atoms with Crippen LogP contribution in [-0.2, 0) is 16.0 Å². The maximum absolute atomic E-state index is 11.8. The first-order chi connectivity index (χ1) is 8.16. The van der Waals surface area contributed by atoms with Gasteiger partial charge in [-0.2, -0.15) is 0 Å². The molecule has 3 nitrogen and oxygen atoms in total. The molecule has 0 aromatic heterocycles. The van der Waals surface area contributed by atoms with E-state index in [0.29, 0.717) is 12.5 Å². The second kappa shape index (κ2) is 5.21. The molecule has 0 spiro atoms. The molecule has 0 saturated carbocycles. The SMILES string of the molecule is CC(C)CCOC(=O)C1Cc2ccccc2N1. The lowest BCUT2D eigenvalue weighted by Crippen LogP contribution is -2.29. The van der Waals surface area contributed by atoms with E-state index in [2.05, 4.69) is 19.2 Å². The zero-order chi connectivity index (χ0) is 12.3. The molecule has 1 aromatic carbocycles. The van der Waals surface area contributed by atoms with Crippen LogP contribution in [0.5, 0.6) is 0 Å². The molecule has 2 rings (SSSR count). The minimum Gasteiger partial charge on any atom is -0.464 e. The van der Waals surface area contributed by atoms with Crippen LogP contribution in [-0.4, -0.2) is 18.6 Å². The Morgan fingerprint density at radius 1 is 1.47 bits per heavy atom. The average Bonchev–Trinajstić information content (AvgIpc) is 2.71. The Balaban J connectivity index is 1.84. The van der Waals surface area contributed by atoms with Crippen molar-refractivity contribution in [2.24, 2.45) is 5.92 Å². The molecule has 3 heteroatoms. The van der Waals surface area contributed by atoms with Crippen molar-refractivity contribution in [3.8, 4) is 0 Å². The van der Waals surface area contributed by atoms with Crippen LogP contribution in [0.25, 0.3) is 0 Å². The lowest BCUT2D eigenvalue weighted by Gasteiger charge is -2.12. The number of anilines is 1. The summed E-state index contributed by atoms with van der Waals surface area (Å²) in [5.41, 5.74) is 2.25. The van der Waals surface area contributed by atoms with E-state index in [1.165, 1.54) is 5.56 Å². The number of hydrogen-bond donors (Lipinski definition) is 1. The molecule has 0 aliphatic carbocycles. The van der Waals surface area contributed by atoms with Crippen molar-refractivity contribution >= 4 is 11.7 Å². The van der Waals surface area contributed by atoms with Crippen LogP contribution in [0.2, 0.25) is 0 Å². The fourth-order valence-corrected chi connectivity index (χ4v) is 1.94. The third kappa shape index (κ3) is 2.99. The van der Waals surface area contributed by atoms with Gasteiger partial charge in [-0.3, -0.25) is 0 Å². The van der Waals surface area contributed by atoms with E-state index < -0.39 is 0 Å². The smallest absolute Gasteiger partial charge is 0.328 e.